The van der Waals surface area contributed by atoms with Gasteiger partial charge in [-0.25, -0.2) is 0 Å². The van der Waals surface area contributed by atoms with E-state index in [1.807, 2.05) is 0 Å². The molecule has 4 heteroatoms. The van der Waals surface area contributed by atoms with Gasteiger partial charge in [0.1, 0.15) is 9.54 Å². The van der Waals surface area contributed by atoms with E-state index in [1.165, 1.54) is 11.3 Å². The van der Waals surface area contributed by atoms with E-state index in [4.69, 9.17) is 0 Å². The lowest BCUT2D eigenvalue weighted by molar-refractivity contribution is 0.112. The molecule has 1 heterocycles. The maximum Gasteiger partial charge on any atom is 0.151 e. The molecular weight excluding hydrogens is 252 g/mol. The molecule has 1 N–H and O–H groups in total. The van der Waals surface area contributed by atoms with Crippen molar-refractivity contribution in [2.75, 3.05) is 0 Å². The summed E-state index contributed by atoms with van der Waals surface area (Å²) >= 11 is 4.59. The molecule has 0 unspecified atom stereocenters. The van der Waals surface area contributed by atoms with Crippen molar-refractivity contribution in [1.82, 2.24) is 0 Å². The first-order valence-electron chi connectivity index (χ1n) is 3.59. The Labute approximate surface area is 86.9 Å². The predicted molar refractivity (Wildman–Crippen MR) is 56.6 cm³/mol. The number of carbonyl (C=O) groups is 1. The second kappa shape index (κ2) is 3.12. The lowest BCUT2D eigenvalue weighted by Gasteiger charge is -1.92. The summed E-state index contributed by atoms with van der Waals surface area (Å²) in [6.07, 6.45) is 0.796. The first-order chi connectivity index (χ1) is 6.24. The number of fused-ring (bicyclic) bond motifs is 1. The quantitative estimate of drug-likeness (QED) is 0.796. The molecule has 0 radical (unpaired) electrons. The zero-order valence-electron chi connectivity index (χ0n) is 6.45. The van der Waals surface area contributed by atoms with Gasteiger partial charge in [-0.05, 0) is 22.0 Å². The normalized spacial score (nSPS) is 10.5. The van der Waals surface area contributed by atoms with Crippen LogP contribution in [0.2, 0.25) is 0 Å². The molecule has 2 rings (SSSR count). The average molecular weight is 257 g/mol. The zero-order chi connectivity index (χ0) is 9.42. The van der Waals surface area contributed by atoms with Gasteiger partial charge in [-0.3, -0.25) is 4.79 Å². The van der Waals surface area contributed by atoms with Gasteiger partial charge in [-0.1, -0.05) is 12.1 Å². The number of hydrogen-bond acceptors (Lipinski definition) is 3. The molecule has 0 aliphatic heterocycles. The molecule has 13 heavy (non-hydrogen) atoms. The lowest BCUT2D eigenvalue weighted by atomic mass is 10.2. The van der Waals surface area contributed by atoms with Gasteiger partial charge >= 0.3 is 0 Å². The number of rotatable bonds is 1. The molecule has 2 nitrogen and oxygen atoms in total. The molecule has 0 aliphatic rings. The van der Waals surface area contributed by atoms with Crippen LogP contribution in [0.1, 0.15) is 10.4 Å². The van der Waals surface area contributed by atoms with Crippen LogP contribution in [0.25, 0.3) is 10.1 Å². The molecule has 66 valence electrons. The van der Waals surface area contributed by atoms with Crippen LogP contribution in [0, 0.1) is 0 Å². The van der Waals surface area contributed by atoms with Gasteiger partial charge in [-0.2, -0.15) is 0 Å². The summed E-state index contributed by atoms with van der Waals surface area (Å²) in [6.45, 7) is 0. The highest BCUT2D eigenvalue weighted by atomic mass is 79.9. The fourth-order valence-corrected chi connectivity index (χ4v) is 2.79. The molecule has 0 atom stereocenters. The Morgan fingerprint density at radius 3 is 2.92 bits per heavy atom. The summed E-state index contributed by atoms with van der Waals surface area (Å²) in [7, 11) is 0. The van der Waals surface area contributed by atoms with Gasteiger partial charge < -0.3 is 5.11 Å². The van der Waals surface area contributed by atoms with Crippen LogP contribution in [-0.4, -0.2) is 11.4 Å². The van der Waals surface area contributed by atoms with E-state index >= 15 is 0 Å². The number of aromatic hydroxyl groups is 1. The number of hydrogen-bond donors (Lipinski definition) is 1. The first kappa shape index (κ1) is 8.72. The monoisotopic (exact) mass is 256 g/mol. The highest BCUT2D eigenvalue weighted by Crippen LogP contribution is 2.41. The number of aldehydes is 1. The fraction of sp³-hybridized carbons (Fsp3) is 0. The average Bonchev–Trinajstić information content (AvgIpc) is 2.43. The smallest absolute Gasteiger partial charge is 0.151 e. The van der Waals surface area contributed by atoms with Crippen LogP contribution in [0.3, 0.4) is 0 Å². The van der Waals surface area contributed by atoms with E-state index in [0.29, 0.717) is 9.35 Å². The van der Waals surface area contributed by atoms with Crippen molar-refractivity contribution in [3.8, 4) is 5.75 Å². The number of thiophene rings is 1. The third kappa shape index (κ3) is 1.26. The molecule has 0 saturated heterocycles. The van der Waals surface area contributed by atoms with Crippen LogP contribution < -0.4 is 0 Å². The molecule has 0 saturated carbocycles. The fourth-order valence-electron chi connectivity index (χ4n) is 1.19. The molecular formula is C9H5BrO2S. The minimum atomic E-state index is 0.212. The largest absolute Gasteiger partial charge is 0.505 e. The summed E-state index contributed by atoms with van der Waals surface area (Å²) in [5.74, 6) is 0.212. The third-order valence-corrected chi connectivity index (χ3v) is 3.70. The zero-order valence-corrected chi connectivity index (χ0v) is 8.85. The standard InChI is InChI=1S/C9H5BrO2S/c10-9-7(12)6-3-1-2-5(4-11)8(6)13-9/h1-4,12H. The highest BCUT2D eigenvalue weighted by Gasteiger charge is 2.10. The van der Waals surface area contributed by atoms with Crippen LogP contribution in [0.15, 0.2) is 22.0 Å². The van der Waals surface area contributed by atoms with Gasteiger partial charge in [0, 0.05) is 15.6 Å². The summed E-state index contributed by atoms with van der Waals surface area (Å²) < 4.78 is 1.48. The van der Waals surface area contributed by atoms with Gasteiger partial charge in [0.25, 0.3) is 0 Å². The van der Waals surface area contributed by atoms with E-state index in [2.05, 4.69) is 15.9 Å². The Bertz CT molecular complexity index is 476. The molecule has 1 aromatic heterocycles. The highest BCUT2D eigenvalue weighted by molar-refractivity contribution is 9.11. The maximum absolute atomic E-state index is 10.7. The minimum Gasteiger partial charge on any atom is -0.505 e. The summed E-state index contributed by atoms with van der Waals surface area (Å²) in [4.78, 5) is 10.7. The molecule has 0 aliphatic carbocycles. The number of benzene rings is 1. The maximum atomic E-state index is 10.7. The van der Waals surface area contributed by atoms with E-state index in [-0.39, 0.29) is 5.75 Å². The van der Waals surface area contributed by atoms with Crippen LogP contribution >= 0.6 is 27.3 Å². The van der Waals surface area contributed by atoms with E-state index in [0.717, 1.165) is 16.4 Å². The second-order valence-electron chi connectivity index (χ2n) is 2.57. The Hall–Kier alpha value is -0.870. The van der Waals surface area contributed by atoms with E-state index in [9.17, 15) is 9.90 Å². The second-order valence-corrected chi connectivity index (χ2v) is 4.90. The Balaban J connectivity index is 2.92. The SMILES string of the molecule is O=Cc1cccc2c(O)c(Br)sc12. The number of halogens is 1. The third-order valence-electron chi connectivity index (χ3n) is 1.81. The minimum absolute atomic E-state index is 0.212. The van der Waals surface area contributed by atoms with Crippen molar-refractivity contribution < 1.29 is 9.90 Å². The van der Waals surface area contributed by atoms with Crippen molar-refractivity contribution in [2.45, 2.75) is 0 Å². The Morgan fingerprint density at radius 1 is 1.46 bits per heavy atom. The Morgan fingerprint density at radius 2 is 2.23 bits per heavy atom. The topological polar surface area (TPSA) is 37.3 Å². The van der Waals surface area contributed by atoms with Crippen molar-refractivity contribution in [1.29, 1.82) is 0 Å². The molecule has 2 aromatic rings. The van der Waals surface area contributed by atoms with Crippen molar-refractivity contribution in [2.24, 2.45) is 0 Å². The van der Waals surface area contributed by atoms with Gasteiger partial charge in [-0.15, -0.1) is 11.3 Å². The van der Waals surface area contributed by atoms with Gasteiger partial charge in [0.2, 0.25) is 0 Å². The first-order valence-corrected chi connectivity index (χ1v) is 5.20. The van der Waals surface area contributed by atoms with E-state index < -0.39 is 0 Å². The van der Waals surface area contributed by atoms with Crippen molar-refractivity contribution >= 4 is 43.6 Å². The molecule has 0 spiro atoms. The Kier molecular flexibility index (Phi) is 2.09. The number of carbonyl (C=O) groups excluding carboxylic acids is 1. The van der Waals surface area contributed by atoms with Crippen LogP contribution in [0.5, 0.6) is 5.75 Å². The lowest BCUT2D eigenvalue weighted by Crippen LogP contribution is -1.77. The van der Waals surface area contributed by atoms with Crippen molar-refractivity contribution in [3.63, 3.8) is 0 Å². The van der Waals surface area contributed by atoms with Gasteiger partial charge in [0.15, 0.2) is 6.29 Å². The van der Waals surface area contributed by atoms with E-state index in [1.54, 1.807) is 18.2 Å². The molecule has 0 fully saturated rings. The molecule has 0 bridgehead atoms. The summed E-state index contributed by atoms with van der Waals surface area (Å²) in [5, 5.41) is 10.3. The molecule has 1 aromatic carbocycles. The summed E-state index contributed by atoms with van der Waals surface area (Å²) in [6, 6.07) is 5.28. The van der Waals surface area contributed by atoms with Crippen LogP contribution in [-0.2, 0) is 0 Å². The van der Waals surface area contributed by atoms with Crippen molar-refractivity contribution in [3.05, 3.63) is 27.5 Å². The molecule has 0 amide bonds. The summed E-state index contributed by atoms with van der Waals surface area (Å²) in [5.41, 5.74) is 0.614. The van der Waals surface area contributed by atoms with Gasteiger partial charge in [0.05, 0.1) is 0 Å². The predicted octanol–water partition coefficient (Wildman–Crippen LogP) is 3.18. The van der Waals surface area contributed by atoms with Crippen LogP contribution in [0.4, 0.5) is 0 Å².